The lowest BCUT2D eigenvalue weighted by Gasteiger charge is -2.16. The maximum atomic E-state index is 13.0. The topological polar surface area (TPSA) is 153 Å². The molecule has 0 unspecified atom stereocenters. The molecule has 0 aliphatic rings. The highest BCUT2D eigenvalue weighted by Gasteiger charge is 2.25. The van der Waals surface area contributed by atoms with Crippen LogP contribution in [0.25, 0.3) is 6.08 Å². The monoisotopic (exact) mass is 481 g/mol. The smallest absolute Gasteiger partial charge is 0.333 e. The molecule has 0 spiro atoms. The van der Waals surface area contributed by atoms with E-state index in [4.69, 9.17) is 14.9 Å². The first-order chi connectivity index (χ1) is 16.7. The normalized spacial score (nSPS) is 10.9. The van der Waals surface area contributed by atoms with Gasteiger partial charge in [0.25, 0.3) is 5.56 Å². The van der Waals surface area contributed by atoms with Crippen molar-refractivity contribution in [2.75, 3.05) is 19.5 Å². The van der Waals surface area contributed by atoms with Gasteiger partial charge in [-0.1, -0.05) is 30.3 Å². The van der Waals surface area contributed by atoms with Gasteiger partial charge in [0, 0.05) is 6.08 Å². The number of esters is 2. The Morgan fingerprint density at radius 1 is 1.06 bits per heavy atom. The lowest BCUT2D eigenvalue weighted by molar-refractivity contribution is -0.141. The fourth-order valence-electron chi connectivity index (χ4n) is 3.18. The summed E-state index contributed by atoms with van der Waals surface area (Å²) in [5.74, 6) is -2.02. The summed E-state index contributed by atoms with van der Waals surface area (Å²) in [5.41, 5.74) is 4.15. The Labute approximate surface area is 199 Å². The number of nitrogen functional groups attached to an aromatic ring is 1. The van der Waals surface area contributed by atoms with Crippen molar-refractivity contribution in [2.24, 2.45) is 0 Å². The molecule has 0 saturated heterocycles. The van der Waals surface area contributed by atoms with E-state index in [0.717, 1.165) is 17.8 Å². The van der Waals surface area contributed by atoms with E-state index < -0.39 is 53.5 Å². The van der Waals surface area contributed by atoms with Gasteiger partial charge in [-0.25, -0.2) is 14.2 Å². The maximum Gasteiger partial charge on any atom is 0.333 e. The Morgan fingerprint density at radius 2 is 1.77 bits per heavy atom. The number of ether oxygens (including phenoxy) is 2. The molecule has 35 heavy (non-hydrogen) atoms. The summed E-state index contributed by atoms with van der Waals surface area (Å²) in [4.78, 5) is 62.5. The van der Waals surface area contributed by atoms with Gasteiger partial charge in [0.05, 0.1) is 13.7 Å². The van der Waals surface area contributed by atoms with Crippen molar-refractivity contribution >= 4 is 29.6 Å². The molecular formula is C24H23N3O8. The van der Waals surface area contributed by atoms with Gasteiger partial charge in [-0.15, -0.1) is 0 Å². The highest BCUT2D eigenvalue weighted by atomic mass is 16.5. The molecule has 0 atom stereocenters. The van der Waals surface area contributed by atoms with Crippen molar-refractivity contribution in [1.29, 1.82) is 0 Å². The molecule has 0 fully saturated rings. The van der Waals surface area contributed by atoms with E-state index in [1.807, 2.05) is 0 Å². The van der Waals surface area contributed by atoms with Crippen molar-refractivity contribution < 1.29 is 28.3 Å². The fourth-order valence-corrected chi connectivity index (χ4v) is 3.18. The van der Waals surface area contributed by atoms with Crippen LogP contribution in [0.4, 0.5) is 5.82 Å². The van der Waals surface area contributed by atoms with E-state index in [9.17, 15) is 24.0 Å². The predicted molar refractivity (Wildman–Crippen MR) is 125 cm³/mol. The van der Waals surface area contributed by atoms with Gasteiger partial charge in [-0.2, -0.15) is 0 Å². The molecule has 11 heteroatoms. The summed E-state index contributed by atoms with van der Waals surface area (Å²) in [6.45, 7) is 0.122. The number of hydrogen-bond donors (Lipinski definition) is 1. The number of aryl methyl sites for hydroxylation is 1. The highest BCUT2D eigenvalue weighted by molar-refractivity contribution is 6.02. The van der Waals surface area contributed by atoms with E-state index in [1.54, 1.807) is 49.4 Å². The summed E-state index contributed by atoms with van der Waals surface area (Å²) in [5, 5.41) is 0. The van der Waals surface area contributed by atoms with Crippen LogP contribution >= 0.6 is 0 Å². The van der Waals surface area contributed by atoms with Gasteiger partial charge >= 0.3 is 17.6 Å². The molecule has 2 heterocycles. The number of benzene rings is 1. The predicted octanol–water partition coefficient (Wildman–Crippen LogP) is 1.15. The molecule has 0 aliphatic heterocycles. The molecule has 182 valence electrons. The Balaban J connectivity index is 1.91. The number of methoxy groups -OCH3 is 1. The summed E-state index contributed by atoms with van der Waals surface area (Å²) < 4.78 is 16.3. The van der Waals surface area contributed by atoms with Crippen LogP contribution in [0.5, 0.6) is 0 Å². The lowest BCUT2D eigenvalue weighted by Crippen LogP contribution is -2.46. The van der Waals surface area contributed by atoms with E-state index in [2.05, 4.69) is 4.74 Å². The van der Waals surface area contributed by atoms with Crippen molar-refractivity contribution in [1.82, 2.24) is 9.13 Å². The van der Waals surface area contributed by atoms with Crippen LogP contribution < -0.4 is 17.0 Å². The Bertz CT molecular complexity index is 1400. The number of aromatic nitrogens is 2. The summed E-state index contributed by atoms with van der Waals surface area (Å²) in [6.07, 6.45) is 2.42. The Kier molecular flexibility index (Phi) is 7.82. The minimum atomic E-state index is -1.09. The van der Waals surface area contributed by atoms with Gasteiger partial charge in [-0.05, 0) is 30.7 Å². The number of anilines is 1. The zero-order valence-electron chi connectivity index (χ0n) is 19.1. The lowest BCUT2D eigenvalue weighted by atomic mass is 10.2. The Hall–Kier alpha value is -4.67. The number of Topliss-reactive ketones (excluding diaryl/α,β-unsaturated/α-hetero) is 1. The quantitative estimate of drug-likeness (QED) is 0.269. The second-order valence-corrected chi connectivity index (χ2v) is 7.39. The van der Waals surface area contributed by atoms with Gasteiger partial charge < -0.3 is 19.6 Å². The molecule has 0 radical (unpaired) electrons. The molecule has 11 nitrogen and oxygen atoms in total. The molecule has 0 saturated carbocycles. The third-order valence-corrected chi connectivity index (χ3v) is 4.94. The molecular weight excluding hydrogens is 458 g/mol. The van der Waals surface area contributed by atoms with Crippen LogP contribution in [0.2, 0.25) is 0 Å². The average Bonchev–Trinajstić information content (AvgIpc) is 3.27. The summed E-state index contributed by atoms with van der Waals surface area (Å²) >= 11 is 0. The van der Waals surface area contributed by atoms with E-state index >= 15 is 0 Å². The highest BCUT2D eigenvalue weighted by Crippen LogP contribution is 2.11. The number of nitrogens with two attached hydrogens (primary N) is 1. The summed E-state index contributed by atoms with van der Waals surface area (Å²) in [7, 11) is 1.09. The third-order valence-electron chi connectivity index (χ3n) is 4.94. The van der Waals surface area contributed by atoms with Crippen LogP contribution in [-0.4, -0.2) is 40.6 Å². The molecule has 0 aliphatic carbocycles. The molecule has 0 amide bonds. The third kappa shape index (κ3) is 6.02. The molecule has 0 bridgehead atoms. The van der Waals surface area contributed by atoms with Crippen LogP contribution in [0.3, 0.4) is 0 Å². The number of ketones is 1. The standard InChI is InChI=1S/C24H23N3O8/c1-15-8-9-17(35-15)10-11-19(29)34-14-18(28)21-22(25)26(12-16-6-4-3-5-7-16)24(32)27(23(21)31)13-20(30)33-2/h3-11H,12-14,25H2,1-2H3. The fraction of sp³-hybridized carbons (Fsp3) is 0.208. The van der Waals surface area contributed by atoms with Crippen LogP contribution in [0.15, 0.2) is 62.5 Å². The van der Waals surface area contributed by atoms with Crippen molar-refractivity contribution in [3.05, 3.63) is 92.0 Å². The molecule has 1 aromatic carbocycles. The largest absolute Gasteiger partial charge is 0.468 e. The second-order valence-electron chi connectivity index (χ2n) is 7.39. The zero-order chi connectivity index (χ0) is 25.5. The first kappa shape index (κ1) is 25.0. The number of furan rings is 1. The average molecular weight is 481 g/mol. The second kappa shape index (κ2) is 11.0. The van der Waals surface area contributed by atoms with Gasteiger partial charge in [0.2, 0.25) is 5.78 Å². The molecule has 3 aromatic rings. The van der Waals surface area contributed by atoms with Crippen molar-refractivity contribution in [3.8, 4) is 0 Å². The van der Waals surface area contributed by atoms with Crippen molar-refractivity contribution in [2.45, 2.75) is 20.0 Å². The number of nitrogens with zero attached hydrogens (tertiary/aromatic N) is 2. The Morgan fingerprint density at radius 3 is 2.40 bits per heavy atom. The zero-order valence-corrected chi connectivity index (χ0v) is 19.1. The van der Waals surface area contributed by atoms with Crippen LogP contribution in [-0.2, 0) is 32.2 Å². The minimum Gasteiger partial charge on any atom is -0.468 e. The molecule has 2 aromatic heterocycles. The SMILES string of the molecule is COC(=O)Cn1c(=O)c(C(=O)COC(=O)C=Cc2ccc(C)o2)c(N)n(Cc2ccccc2)c1=O. The van der Waals surface area contributed by atoms with Gasteiger partial charge in [-0.3, -0.25) is 19.0 Å². The first-order valence-corrected chi connectivity index (χ1v) is 10.4. The maximum absolute atomic E-state index is 13.0. The van der Waals surface area contributed by atoms with Crippen molar-refractivity contribution in [3.63, 3.8) is 0 Å². The van der Waals surface area contributed by atoms with E-state index in [1.165, 1.54) is 6.08 Å². The summed E-state index contributed by atoms with van der Waals surface area (Å²) in [6, 6.07) is 12.0. The number of hydrogen-bond acceptors (Lipinski definition) is 9. The van der Waals surface area contributed by atoms with Gasteiger partial charge in [0.1, 0.15) is 29.4 Å². The van der Waals surface area contributed by atoms with E-state index in [-0.39, 0.29) is 6.54 Å². The number of rotatable bonds is 9. The minimum absolute atomic E-state index is 0.0711. The molecule has 2 N–H and O–H groups in total. The number of carbonyl (C=O) groups is 3. The number of carbonyl (C=O) groups excluding carboxylic acids is 3. The van der Waals surface area contributed by atoms with Crippen LogP contribution in [0, 0.1) is 6.92 Å². The molecule has 3 rings (SSSR count). The van der Waals surface area contributed by atoms with E-state index in [0.29, 0.717) is 21.7 Å². The first-order valence-electron chi connectivity index (χ1n) is 10.4. The van der Waals surface area contributed by atoms with Gasteiger partial charge in [0.15, 0.2) is 6.61 Å². The van der Waals surface area contributed by atoms with Crippen LogP contribution in [0.1, 0.15) is 27.4 Å².